The summed E-state index contributed by atoms with van der Waals surface area (Å²) in [4.78, 5) is 30.2. The molecule has 260 valence electrons. The highest BCUT2D eigenvalue weighted by atomic mass is 15.0. The molecule has 54 heavy (non-hydrogen) atoms. The number of hydrogen-bond acceptors (Lipinski definition) is 6. The van der Waals surface area contributed by atoms with Crippen LogP contribution in [-0.2, 0) is 5.41 Å². The van der Waals surface area contributed by atoms with Crippen LogP contribution in [0.3, 0.4) is 0 Å². The van der Waals surface area contributed by atoms with E-state index in [-0.39, 0.29) is 16.6 Å². The largest absolute Gasteiger partial charge is 0.208 e. The van der Waals surface area contributed by atoms with Crippen LogP contribution in [0.1, 0.15) is 41.6 Å². The molecule has 9 aromatic rings. The van der Waals surface area contributed by atoms with Crippen molar-refractivity contribution in [2.75, 3.05) is 0 Å². The third kappa shape index (κ3) is 6.16. The lowest BCUT2D eigenvalue weighted by Gasteiger charge is -2.19. The summed E-state index contributed by atoms with van der Waals surface area (Å²) in [5.74, 6) is 0.995. The summed E-state index contributed by atoms with van der Waals surface area (Å²) in [7, 11) is 0. The van der Waals surface area contributed by atoms with E-state index in [4.69, 9.17) is 34.0 Å². The van der Waals surface area contributed by atoms with E-state index < -0.39 is 6.85 Å². The number of nitrogens with zero attached hydrogens (tertiary/aromatic N) is 6. The number of aromatic nitrogens is 6. The Balaban J connectivity index is 1.51. The normalized spacial score (nSPS) is 12.9. The van der Waals surface area contributed by atoms with Gasteiger partial charge in [-0.25, -0.2) is 29.9 Å². The predicted octanol–water partition coefficient (Wildman–Crippen LogP) is 11.9. The lowest BCUT2D eigenvalue weighted by Crippen LogP contribution is -2.10. The van der Waals surface area contributed by atoms with E-state index in [1.807, 2.05) is 116 Å². The molecule has 0 saturated heterocycles. The Kier molecular flexibility index (Phi) is 7.23. The topological polar surface area (TPSA) is 77.3 Å². The van der Waals surface area contributed by atoms with E-state index in [0.717, 1.165) is 49.0 Å². The summed E-state index contributed by atoms with van der Waals surface area (Å²) in [5, 5.41) is 5.93. The van der Waals surface area contributed by atoms with Gasteiger partial charge >= 0.3 is 0 Å². The first kappa shape index (κ1) is 29.9. The first-order valence-corrected chi connectivity index (χ1v) is 18.0. The predicted molar refractivity (Wildman–Crippen MR) is 224 cm³/mol. The number of hydrogen-bond donors (Lipinski definition) is 0. The van der Waals surface area contributed by atoms with Gasteiger partial charge in [0.1, 0.15) is 0 Å². The Morgan fingerprint density at radius 3 is 1.63 bits per heavy atom. The van der Waals surface area contributed by atoms with E-state index in [9.17, 15) is 0 Å². The summed E-state index contributed by atoms with van der Waals surface area (Å²) in [6.07, 6.45) is 0. The summed E-state index contributed by atoms with van der Waals surface area (Å²) >= 11 is 0. The van der Waals surface area contributed by atoms with Gasteiger partial charge in [-0.15, -0.1) is 0 Å². The van der Waals surface area contributed by atoms with Crippen LogP contribution < -0.4 is 0 Å². The van der Waals surface area contributed by atoms with Crippen LogP contribution in [0.5, 0.6) is 0 Å². The average molecular weight is 702 g/mol. The number of aryl methyl sites for hydroxylation is 2. The van der Waals surface area contributed by atoms with Gasteiger partial charge in [-0.1, -0.05) is 136 Å². The molecule has 0 aliphatic rings. The third-order valence-electron chi connectivity index (χ3n) is 9.96. The van der Waals surface area contributed by atoms with Gasteiger partial charge in [-0.3, -0.25) is 0 Å². The van der Waals surface area contributed by atoms with E-state index in [1.165, 1.54) is 5.56 Å². The first-order chi connectivity index (χ1) is 27.4. The standard InChI is InChI=1S/C48H38N6/c1-29-23-24-37-28-41(29)39-21-12-22-40(30(39)2)47-53-42(31-13-7-6-8-14-31)49-44(54-47)35-18-10-16-33(26-35)32-15-9-17-34(25-32)43-50-45(52-46(37)51-43)36-19-11-20-38(27-36)48(3,4)5/h6-28H,1-5H3/i2D3. The van der Waals surface area contributed by atoms with Crippen LogP contribution in [-0.4, -0.2) is 29.9 Å². The molecular formula is C48H38N6. The van der Waals surface area contributed by atoms with Crippen LogP contribution in [0.4, 0.5) is 0 Å². The van der Waals surface area contributed by atoms with Crippen molar-refractivity contribution in [1.82, 2.24) is 29.9 Å². The lowest BCUT2D eigenvalue weighted by atomic mass is 9.86. The monoisotopic (exact) mass is 701 g/mol. The van der Waals surface area contributed by atoms with Gasteiger partial charge in [0.05, 0.1) is 0 Å². The number of benzene rings is 6. The highest BCUT2D eigenvalue weighted by molar-refractivity contribution is 6.00. The quantitative estimate of drug-likeness (QED) is 0.179. The second kappa shape index (κ2) is 13.1. The molecule has 0 unspecified atom stereocenters. The van der Waals surface area contributed by atoms with Crippen molar-refractivity contribution < 1.29 is 4.11 Å². The van der Waals surface area contributed by atoms with Gasteiger partial charge in [0.2, 0.25) is 0 Å². The van der Waals surface area contributed by atoms with Crippen molar-refractivity contribution in [3.05, 3.63) is 156 Å². The molecule has 0 fully saturated rings. The molecule has 12 bridgehead atoms. The molecule has 0 atom stereocenters. The SMILES string of the molecule is [2H]C([2H])([2H])c1c2cccc1c1cc(ccc1C)c1nc(-c3cccc(C(C)(C)C)c3)nc(n1)c1cccc(c1)c1cccc(c1)c1nc(-c3ccccc3)nc2n1. The molecule has 3 aromatic heterocycles. The maximum Gasteiger partial charge on any atom is 0.164 e. The molecule has 0 aliphatic heterocycles. The Morgan fingerprint density at radius 1 is 0.426 bits per heavy atom. The fraction of sp³-hybridized carbons (Fsp3) is 0.125. The summed E-state index contributed by atoms with van der Waals surface area (Å²) in [5.41, 5.74) is 5.53. The minimum Gasteiger partial charge on any atom is -0.208 e. The van der Waals surface area contributed by atoms with Crippen molar-refractivity contribution in [2.45, 2.75) is 40.0 Å². The molecule has 0 aliphatic carbocycles. The molecular weight excluding hydrogens is 661 g/mol. The van der Waals surface area contributed by atoms with Crippen molar-refractivity contribution in [3.63, 3.8) is 0 Å². The smallest absolute Gasteiger partial charge is 0.164 e. The van der Waals surface area contributed by atoms with Crippen LogP contribution in [0.2, 0.25) is 0 Å². The number of fused-ring (bicyclic) bond motifs is 18. The molecule has 0 saturated carbocycles. The van der Waals surface area contributed by atoms with Crippen molar-refractivity contribution in [2.24, 2.45) is 0 Å². The van der Waals surface area contributed by atoms with Crippen LogP contribution >= 0.6 is 0 Å². The average Bonchev–Trinajstić information content (AvgIpc) is 3.23. The maximum atomic E-state index is 8.93. The Labute approximate surface area is 317 Å². The first-order valence-electron chi connectivity index (χ1n) is 19.5. The van der Waals surface area contributed by atoms with Crippen molar-refractivity contribution in [3.8, 4) is 22.8 Å². The summed E-state index contributed by atoms with van der Waals surface area (Å²) < 4.78 is 26.8. The number of rotatable bonds is 2. The zero-order valence-corrected chi connectivity index (χ0v) is 30.5. The Bertz CT molecular complexity index is 3170. The van der Waals surface area contributed by atoms with Crippen LogP contribution in [0.15, 0.2) is 140 Å². The van der Waals surface area contributed by atoms with E-state index in [0.29, 0.717) is 39.4 Å². The van der Waals surface area contributed by atoms with Gasteiger partial charge in [-0.05, 0) is 81.7 Å². The van der Waals surface area contributed by atoms with Crippen LogP contribution in [0.25, 0.3) is 88.5 Å². The summed E-state index contributed by atoms with van der Waals surface area (Å²) in [6, 6.07) is 45.7. The maximum absolute atomic E-state index is 8.93. The molecule has 6 nitrogen and oxygen atoms in total. The Morgan fingerprint density at radius 2 is 0.963 bits per heavy atom. The Hall–Kier alpha value is -6.66. The van der Waals surface area contributed by atoms with Gasteiger partial charge in [0, 0.05) is 36.8 Å². The zero-order valence-electron chi connectivity index (χ0n) is 33.5. The molecule has 9 rings (SSSR count). The highest BCUT2D eigenvalue weighted by Gasteiger charge is 2.16. The molecule has 0 amide bonds. The molecule has 6 aromatic carbocycles. The second-order valence-corrected chi connectivity index (χ2v) is 14.7. The zero-order chi connectivity index (χ0) is 39.5. The molecule has 0 N–H and O–H groups in total. The minimum atomic E-state index is -2.52. The highest BCUT2D eigenvalue weighted by Crippen LogP contribution is 2.30. The van der Waals surface area contributed by atoms with Crippen LogP contribution in [0, 0.1) is 13.8 Å². The molecule has 0 spiro atoms. The van der Waals surface area contributed by atoms with E-state index in [1.54, 1.807) is 6.07 Å². The van der Waals surface area contributed by atoms with Gasteiger partial charge in [-0.2, -0.15) is 0 Å². The van der Waals surface area contributed by atoms with E-state index in [2.05, 4.69) is 45.0 Å². The van der Waals surface area contributed by atoms with Crippen molar-refractivity contribution >= 4 is 65.7 Å². The van der Waals surface area contributed by atoms with Gasteiger partial charge in [0.25, 0.3) is 0 Å². The molecule has 6 heteroatoms. The fourth-order valence-electron chi connectivity index (χ4n) is 6.92. The molecule has 3 heterocycles. The van der Waals surface area contributed by atoms with Gasteiger partial charge < -0.3 is 0 Å². The second-order valence-electron chi connectivity index (χ2n) is 14.7. The van der Waals surface area contributed by atoms with Gasteiger partial charge in [0.15, 0.2) is 34.2 Å². The minimum absolute atomic E-state index is 0.0783. The third-order valence-corrected chi connectivity index (χ3v) is 9.96. The summed E-state index contributed by atoms with van der Waals surface area (Å²) in [6.45, 7) is 6.02. The van der Waals surface area contributed by atoms with E-state index >= 15 is 0 Å². The van der Waals surface area contributed by atoms with Crippen molar-refractivity contribution in [1.29, 1.82) is 0 Å². The molecule has 0 radical (unpaired) electrons. The fourth-order valence-corrected chi connectivity index (χ4v) is 6.92. The lowest BCUT2D eigenvalue weighted by molar-refractivity contribution is 0.590.